The topological polar surface area (TPSA) is 72.8 Å². The Kier molecular flexibility index (Phi) is 12.0. The second-order valence-electron chi connectivity index (χ2n) is 6.30. The zero-order valence-corrected chi connectivity index (χ0v) is 14.3. The normalized spacial score (nSPS) is 25.9. The third kappa shape index (κ3) is 12.3. The number of carbonyl (C=O) groups is 2. The fourth-order valence-corrected chi connectivity index (χ4v) is 2.70. The molecule has 0 aromatic heterocycles. The Labute approximate surface area is 139 Å². The van der Waals surface area contributed by atoms with Crippen molar-refractivity contribution in [2.24, 2.45) is 0 Å². The monoisotopic (exact) mass is 328 g/mol. The molecule has 0 radical (unpaired) electrons. The van der Waals surface area contributed by atoms with Crippen LogP contribution in [0.3, 0.4) is 0 Å². The summed E-state index contributed by atoms with van der Waals surface area (Å²) in [4.78, 5) is 23.4. The third-order valence-corrected chi connectivity index (χ3v) is 4.10. The third-order valence-electron chi connectivity index (χ3n) is 4.10. The summed E-state index contributed by atoms with van der Waals surface area (Å²) in [6, 6.07) is 0. The van der Waals surface area contributed by atoms with Gasteiger partial charge in [-0.3, -0.25) is 9.59 Å². The number of hydrogen-bond donors (Lipinski definition) is 1. The van der Waals surface area contributed by atoms with Crippen LogP contribution >= 0.6 is 0 Å². The minimum absolute atomic E-state index is 0.247. The molecule has 1 rings (SSSR count). The number of hydrogen-bond acceptors (Lipinski definition) is 5. The predicted octanol–water partition coefficient (Wildman–Crippen LogP) is 2.82. The summed E-state index contributed by atoms with van der Waals surface area (Å²) in [7, 11) is 0. The molecule has 134 valence electrons. The number of aliphatic hydroxyl groups excluding tert-OH is 1. The van der Waals surface area contributed by atoms with E-state index in [-0.39, 0.29) is 17.7 Å². The van der Waals surface area contributed by atoms with E-state index in [1.54, 1.807) is 0 Å². The van der Waals surface area contributed by atoms with Crippen LogP contribution in [0.4, 0.5) is 0 Å². The van der Waals surface area contributed by atoms with Crippen LogP contribution in [0.5, 0.6) is 0 Å². The minimum Gasteiger partial charge on any atom is -0.393 e. The van der Waals surface area contributed by atoms with Crippen LogP contribution in [0.25, 0.3) is 0 Å². The van der Waals surface area contributed by atoms with Crippen molar-refractivity contribution in [3.8, 4) is 0 Å². The summed E-state index contributed by atoms with van der Waals surface area (Å²) < 4.78 is 10.8. The van der Waals surface area contributed by atoms with Crippen LogP contribution in [-0.2, 0) is 19.1 Å². The summed E-state index contributed by atoms with van der Waals surface area (Å²) >= 11 is 0. The lowest BCUT2D eigenvalue weighted by molar-refractivity contribution is -0.120. The lowest BCUT2D eigenvalue weighted by atomic mass is 10.0. The highest BCUT2D eigenvalue weighted by atomic mass is 16.5. The summed E-state index contributed by atoms with van der Waals surface area (Å²) in [6.45, 7) is 2.25. The molecule has 5 heteroatoms. The highest BCUT2D eigenvalue weighted by molar-refractivity contribution is 5.78. The summed E-state index contributed by atoms with van der Waals surface area (Å²) in [5, 5.41) is 9.89. The van der Waals surface area contributed by atoms with Gasteiger partial charge >= 0.3 is 0 Å². The van der Waals surface area contributed by atoms with Crippen molar-refractivity contribution < 1.29 is 24.2 Å². The van der Waals surface area contributed by atoms with E-state index in [0.29, 0.717) is 58.5 Å². The van der Waals surface area contributed by atoms with Crippen LogP contribution in [0.1, 0.15) is 70.6 Å². The van der Waals surface area contributed by atoms with Crippen molar-refractivity contribution in [2.45, 2.75) is 76.7 Å². The zero-order valence-electron chi connectivity index (χ0n) is 14.3. The Hall–Kier alpha value is -0.780. The van der Waals surface area contributed by atoms with Gasteiger partial charge in [-0.15, -0.1) is 0 Å². The predicted molar refractivity (Wildman–Crippen MR) is 88.4 cm³/mol. The van der Waals surface area contributed by atoms with E-state index in [9.17, 15) is 14.7 Å². The summed E-state index contributed by atoms with van der Waals surface area (Å²) in [6.07, 6.45) is 7.27. The Morgan fingerprint density at radius 1 is 0.652 bits per heavy atom. The molecule has 0 aromatic carbocycles. The molecule has 0 amide bonds. The average Bonchev–Trinajstić information content (AvgIpc) is 2.52. The molecule has 0 aliphatic carbocycles. The quantitative estimate of drug-likeness (QED) is 0.740. The molecular weight excluding hydrogens is 296 g/mol. The first-order valence-corrected chi connectivity index (χ1v) is 9.05. The first-order valence-electron chi connectivity index (χ1n) is 9.05. The van der Waals surface area contributed by atoms with E-state index in [1.165, 1.54) is 0 Å². The zero-order chi connectivity index (χ0) is 16.8. The number of rotatable bonds is 0. The highest BCUT2D eigenvalue weighted by Gasteiger charge is 2.08. The van der Waals surface area contributed by atoms with Crippen molar-refractivity contribution in [2.75, 3.05) is 26.4 Å². The van der Waals surface area contributed by atoms with Gasteiger partial charge in [0, 0.05) is 38.9 Å². The van der Waals surface area contributed by atoms with Crippen molar-refractivity contribution in [3.05, 3.63) is 0 Å². The van der Waals surface area contributed by atoms with E-state index in [4.69, 9.17) is 9.47 Å². The molecule has 23 heavy (non-hydrogen) atoms. The van der Waals surface area contributed by atoms with Gasteiger partial charge in [0.1, 0.15) is 11.6 Å². The second kappa shape index (κ2) is 13.6. The van der Waals surface area contributed by atoms with Gasteiger partial charge in [0.15, 0.2) is 0 Å². The fraction of sp³-hybridized carbons (Fsp3) is 0.889. The molecule has 1 aliphatic heterocycles. The van der Waals surface area contributed by atoms with E-state index in [1.807, 2.05) is 0 Å². The van der Waals surface area contributed by atoms with Crippen molar-refractivity contribution >= 4 is 11.6 Å². The maximum Gasteiger partial charge on any atom is 0.133 e. The van der Waals surface area contributed by atoms with Gasteiger partial charge in [0.25, 0.3) is 0 Å². The Morgan fingerprint density at radius 3 is 1.74 bits per heavy atom. The largest absolute Gasteiger partial charge is 0.393 e. The molecule has 1 atom stereocenters. The Morgan fingerprint density at radius 2 is 1.13 bits per heavy atom. The fourth-order valence-electron chi connectivity index (χ4n) is 2.70. The number of aliphatic hydroxyl groups is 1. The Bertz CT molecular complexity index is 329. The molecule has 1 aliphatic rings. The Balaban J connectivity index is 2.25. The lowest BCUT2D eigenvalue weighted by Crippen LogP contribution is -2.10. The van der Waals surface area contributed by atoms with Gasteiger partial charge in [-0.1, -0.05) is 6.42 Å². The van der Waals surface area contributed by atoms with Gasteiger partial charge in [-0.05, 0) is 38.5 Å². The summed E-state index contributed by atoms with van der Waals surface area (Å²) in [5.74, 6) is 0.524. The molecule has 1 heterocycles. The first kappa shape index (κ1) is 20.3. The van der Waals surface area contributed by atoms with Crippen LogP contribution in [-0.4, -0.2) is 49.2 Å². The molecule has 0 aromatic rings. The van der Waals surface area contributed by atoms with Crippen LogP contribution in [0.15, 0.2) is 0 Å². The number of Topliss-reactive ketones (excluding diaryl/α,β-unsaturated/α-hetero) is 2. The van der Waals surface area contributed by atoms with Crippen molar-refractivity contribution in [1.82, 2.24) is 0 Å². The molecule has 5 nitrogen and oxygen atoms in total. The lowest BCUT2D eigenvalue weighted by Gasteiger charge is -2.10. The van der Waals surface area contributed by atoms with Gasteiger partial charge in [-0.2, -0.15) is 0 Å². The molecule has 1 fully saturated rings. The maximum absolute atomic E-state index is 11.7. The van der Waals surface area contributed by atoms with Crippen molar-refractivity contribution in [1.29, 1.82) is 0 Å². The highest BCUT2D eigenvalue weighted by Crippen LogP contribution is 2.12. The minimum atomic E-state index is -0.347. The molecule has 0 saturated carbocycles. The first-order chi connectivity index (χ1) is 11.2. The standard InChI is InChI=1S/C18H32O5/c19-16-6-1-2-7-17(20)10-4-12-22-14-15-23-13-5-11-18(21)9-3-8-16/h16,19H,1-15H2. The average molecular weight is 328 g/mol. The van der Waals surface area contributed by atoms with Gasteiger partial charge < -0.3 is 14.6 Å². The van der Waals surface area contributed by atoms with Gasteiger partial charge in [0.05, 0.1) is 19.3 Å². The number of ketones is 2. The number of carbonyl (C=O) groups excluding carboxylic acids is 2. The van der Waals surface area contributed by atoms with Crippen LogP contribution in [0, 0.1) is 0 Å². The SMILES string of the molecule is O=C1CCCCC(O)CCCC(=O)CCCOCCOCCC1. The molecule has 1 unspecified atom stereocenters. The molecular formula is C18H32O5. The smallest absolute Gasteiger partial charge is 0.133 e. The molecule has 1 N–H and O–H groups in total. The van der Waals surface area contributed by atoms with Crippen molar-refractivity contribution in [3.63, 3.8) is 0 Å². The van der Waals surface area contributed by atoms with E-state index < -0.39 is 0 Å². The van der Waals surface area contributed by atoms with E-state index >= 15 is 0 Å². The van der Waals surface area contributed by atoms with Gasteiger partial charge in [-0.25, -0.2) is 0 Å². The van der Waals surface area contributed by atoms with Crippen LogP contribution in [0.2, 0.25) is 0 Å². The molecule has 1 saturated heterocycles. The van der Waals surface area contributed by atoms with E-state index in [2.05, 4.69) is 0 Å². The summed E-state index contributed by atoms with van der Waals surface area (Å²) in [5.41, 5.74) is 0. The number of ether oxygens (including phenoxy) is 2. The molecule has 0 spiro atoms. The van der Waals surface area contributed by atoms with E-state index in [0.717, 1.165) is 38.5 Å². The second-order valence-corrected chi connectivity index (χ2v) is 6.30. The van der Waals surface area contributed by atoms with Gasteiger partial charge in [0.2, 0.25) is 0 Å². The maximum atomic E-state index is 11.7. The molecule has 0 bridgehead atoms. The van der Waals surface area contributed by atoms with Crippen LogP contribution < -0.4 is 0 Å².